The molecule has 0 spiro atoms. The van der Waals surface area contributed by atoms with Crippen LogP contribution < -0.4 is 15.4 Å². The SMILES string of the molecule is C=CCNC(=NCc1ccc(C)cc1OC)NCc1nnc(C)n1C.I. The van der Waals surface area contributed by atoms with Gasteiger partial charge in [-0.05, 0) is 25.5 Å². The fourth-order valence-electron chi connectivity index (χ4n) is 2.26. The second kappa shape index (κ2) is 10.8. The Kier molecular flexibility index (Phi) is 9.11. The zero-order valence-electron chi connectivity index (χ0n) is 15.7. The predicted octanol–water partition coefficient (Wildman–Crippen LogP) is 2.48. The minimum Gasteiger partial charge on any atom is -0.496 e. The summed E-state index contributed by atoms with van der Waals surface area (Å²) in [4.78, 5) is 4.63. The molecule has 0 amide bonds. The Morgan fingerprint density at radius 3 is 2.69 bits per heavy atom. The van der Waals surface area contributed by atoms with Crippen LogP contribution in [0.1, 0.15) is 22.8 Å². The van der Waals surface area contributed by atoms with Gasteiger partial charge >= 0.3 is 0 Å². The smallest absolute Gasteiger partial charge is 0.192 e. The third-order valence-corrected chi connectivity index (χ3v) is 3.86. The van der Waals surface area contributed by atoms with E-state index in [0.29, 0.717) is 25.6 Å². The number of guanidine groups is 1. The number of benzene rings is 1. The van der Waals surface area contributed by atoms with E-state index in [4.69, 9.17) is 4.74 Å². The number of hydrogen-bond acceptors (Lipinski definition) is 4. The monoisotopic (exact) mass is 470 g/mol. The van der Waals surface area contributed by atoms with Crippen molar-refractivity contribution in [2.75, 3.05) is 13.7 Å². The lowest BCUT2D eigenvalue weighted by Crippen LogP contribution is -2.37. The Bertz CT molecular complexity index is 756. The first kappa shape index (κ1) is 21.9. The summed E-state index contributed by atoms with van der Waals surface area (Å²) in [6, 6.07) is 6.10. The van der Waals surface area contributed by atoms with Gasteiger partial charge in [-0.1, -0.05) is 18.2 Å². The first-order valence-corrected chi connectivity index (χ1v) is 8.16. The Morgan fingerprint density at radius 1 is 1.31 bits per heavy atom. The summed E-state index contributed by atoms with van der Waals surface area (Å²) in [6.45, 7) is 9.35. The maximum Gasteiger partial charge on any atom is 0.192 e. The van der Waals surface area contributed by atoms with E-state index >= 15 is 0 Å². The van der Waals surface area contributed by atoms with Crippen molar-refractivity contribution in [3.8, 4) is 5.75 Å². The number of aliphatic imine (C=N–C) groups is 1. The number of aryl methyl sites for hydroxylation is 2. The number of rotatable bonds is 7. The summed E-state index contributed by atoms with van der Waals surface area (Å²) in [6.07, 6.45) is 1.79. The fourth-order valence-corrected chi connectivity index (χ4v) is 2.26. The lowest BCUT2D eigenvalue weighted by atomic mass is 10.1. The van der Waals surface area contributed by atoms with Crippen LogP contribution in [0.5, 0.6) is 5.75 Å². The molecular formula is C18H27IN6O. The van der Waals surface area contributed by atoms with Crippen LogP contribution in [-0.4, -0.2) is 34.4 Å². The number of halogens is 1. The van der Waals surface area contributed by atoms with Crippen LogP contribution in [0.25, 0.3) is 0 Å². The van der Waals surface area contributed by atoms with Crippen LogP contribution in [-0.2, 0) is 20.1 Å². The van der Waals surface area contributed by atoms with Gasteiger partial charge in [-0.15, -0.1) is 40.8 Å². The Morgan fingerprint density at radius 2 is 2.08 bits per heavy atom. The number of methoxy groups -OCH3 is 1. The van der Waals surface area contributed by atoms with Crippen molar-refractivity contribution in [2.45, 2.75) is 26.9 Å². The highest BCUT2D eigenvalue weighted by molar-refractivity contribution is 14.0. The minimum atomic E-state index is 0. The largest absolute Gasteiger partial charge is 0.496 e. The zero-order chi connectivity index (χ0) is 18.2. The Labute approximate surface area is 172 Å². The fraction of sp³-hybridized carbons (Fsp3) is 0.389. The van der Waals surface area contributed by atoms with Crippen molar-refractivity contribution < 1.29 is 4.74 Å². The van der Waals surface area contributed by atoms with E-state index in [1.807, 2.05) is 37.6 Å². The van der Waals surface area contributed by atoms with Gasteiger partial charge in [0.05, 0.1) is 20.2 Å². The highest BCUT2D eigenvalue weighted by Gasteiger charge is 2.07. The molecule has 2 rings (SSSR count). The van der Waals surface area contributed by atoms with Crippen molar-refractivity contribution in [3.63, 3.8) is 0 Å². The summed E-state index contributed by atoms with van der Waals surface area (Å²) in [5, 5.41) is 14.7. The Hall–Kier alpha value is -2.10. The van der Waals surface area contributed by atoms with Gasteiger partial charge in [0, 0.05) is 19.2 Å². The molecule has 0 radical (unpaired) electrons. The maximum atomic E-state index is 5.44. The second-order valence-electron chi connectivity index (χ2n) is 5.73. The standard InChI is InChI=1S/C18H26N6O.HI/c1-6-9-19-18(21-12-17-23-22-14(3)24(17)4)20-11-15-8-7-13(2)10-16(15)25-5;/h6-8,10H,1,9,11-12H2,2-5H3,(H2,19,20,21);1H. The molecule has 7 nitrogen and oxygen atoms in total. The molecule has 1 aromatic heterocycles. The quantitative estimate of drug-likeness (QED) is 0.282. The Balaban J connectivity index is 0.00000338. The molecule has 142 valence electrons. The summed E-state index contributed by atoms with van der Waals surface area (Å²) in [5.41, 5.74) is 2.19. The molecule has 1 aromatic carbocycles. The summed E-state index contributed by atoms with van der Waals surface area (Å²) >= 11 is 0. The molecule has 0 bridgehead atoms. The summed E-state index contributed by atoms with van der Waals surface area (Å²) in [7, 11) is 3.62. The van der Waals surface area contributed by atoms with E-state index in [1.165, 1.54) is 0 Å². The average Bonchev–Trinajstić information content (AvgIpc) is 2.93. The van der Waals surface area contributed by atoms with Crippen molar-refractivity contribution >= 4 is 29.9 Å². The van der Waals surface area contributed by atoms with Crippen LogP contribution in [0, 0.1) is 13.8 Å². The van der Waals surface area contributed by atoms with Crippen molar-refractivity contribution in [1.82, 2.24) is 25.4 Å². The maximum absolute atomic E-state index is 5.44. The minimum absolute atomic E-state index is 0. The van der Waals surface area contributed by atoms with Gasteiger partial charge < -0.3 is 19.9 Å². The first-order valence-electron chi connectivity index (χ1n) is 8.16. The molecule has 8 heteroatoms. The van der Waals surface area contributed by atoms with Crippen LogP contribution in [0.15, 0.2) is 35.8 Å². The molecule has 0 fully saturated rings. The van der Waals surface area contributed by atoms with Crippen LogP contribution in [0.4, 0.5) is 0 Å². The normalized spacial score (nSPS) is 10.8. The lowest BCUT2D eigenvalue weighted by Gasteiger charge is -2.12. The number of nitrogens with one attached hydrogen (secondary N) is 2. The summed E-state index contributed by atoms with van der Waals surface area (Å²) in [5.74, 6) is 3.25. The number of aromatic nitrogens is 3. The zero-order valence-corrected chi connectivity index (χ0v) is 18.1. The number of nitrogens with zero attached hydrogens (tertiary/aromatic N) is 4. The van der Waals surface area contributed by atoms with Crippen molar-refractivity contribution in [3.05, 3.63) is 53.6 Å². The van der Waals surface area contributed by atoms with Crippen molar-refractivity contribution in [2.24, 2.45) is 12.0 Å². The van der Waals surface area contributed by atoms with Gasteiger partial charge in [0.15, 0.2) is 11.8 Å². The average molecular weight is 470 g/mol. The molecule has 0 aliphatic heterocycles. The molecule has 2 N–H and O–H groups in total. The van der Waals surface area contributed by atoms with E-state index in [1.54, 1.807) is 13.2 Å². The first-order chi connectivity index (χ1) is 12.0. The van der Waals surface area contributed by atoms with Gasteiger partial charge in [0.2, 0.25) is 0 Å². The van der Waals surface area contributed by atoms with Crippen LogP contribution >= 0.6 is 24.0 Å². The topological polar surface area (TPSA) is 76.4 Å². The molecule has 26 heavy (non-hydrogen) atoms. The highest BCUT2D eigenvalue weighted by atomic mass is 127. The number of ether oxygens (including phenoxy) is 1. The van der Waals surface area contributed by atoms with E-state index < -0.39 is 0 Å². The van der Waals surface area contributed by atoms with E-state index in [0.717, 1.165) is 28.5 Å². The molecule has 0 aliphatic rings. The van der Waals surface area contributed by atoms with Gasteiger partial charge in [0.1, 0.15) is 11.6 Å². The molecule has 0 saturated heterocycles. The predicted molar refractivity (Wildman–Crippen MR) is 115 cm³/mol. The third kappa shape index (κ3) is 6.01. The molecule has 0 saturated carbocycles. The molecule has 0 atom stereocenters. The van der Waals surface area contributed by atoms with Gasteiger partial charge in [0.25, 0.3) is 0 Å². The molecular weight excluding hydrogens is 443 g/mol. The lowest BCUT2D eigenvalue weighted by molar-refractivity contribution is 0.409. The van der Waals surface area contributed by atoms with Gasteiger partial charge in [-0.25, -0.2) is 4.99 Å². The van der Waals surface area contributed by atoms with E-state index in [2.05, 4.69) is 38.5 Å². The molecule has 0 aliphatic carbocycles. The summed E-state index contributed by atoms with van der Waals surface area (Å²) < 4.78 is 7.39. The molecule has 2 aromatic rings. The van der Waals surface area contributed by atoms with E-state index in [-0.39, 0.29) is 24.0 Å². The van der Waals surface area contributed by atoms with Crippen molar-refractivity contribution in [1.29, 1.82) is 0 Å². The van der Waals surface area contributed by atoms with Crippen LogP contribution in [0.3, 0.4) is 0 Å². The van der Waals surface area contributed by atoms with Crippen LogP contribution in [0.2, 0.25) is 0 Å². The van der Waals surface area contributed by atoms with E-state index in [9.17, 15) is 0 Å². The third-order valence-electron chi connectivity index (χ3n) is 3.86. The second-order valence-corrected chi connectivity index (χ2v) is 5.73. The molecule has 1 heterocycles. The highest BCUT2D eigenvalue weighted by Crippen LogP contribution is 2.20. The number of hydrogen-bond donors (Lipinski definition) is 2. The molecule has 0 unspecified atom stereocenters. The van der Waals surface area contributed by atoms with Gasteiger partial charge in [-0.2, -0.15) is 0 Å². The van der Waals surface area contributed by atoms with Gasteiger partial charge in [-0.3, -0.25) is 0 Å².